The molecule has 0 aliphatic carbocycles. The van der Waals surface area contributed by atoms with Crippen molar-refractivity contribution >= 4 is 62.8 Å². The molecule has 1 aliphatic heterocycles. The van der Waals surface area contributed by atoms with Crippen LogP contribution in [0.3, 0.4) is 0 Å². The first-order valence-corrected chi connectivity index (χ1v) is 17.7. The molecule has 0 spiro atoms. The molecular formula is C35H34ClN5O3S2. The molecule has 6 aromatic rings. The molecule has 0 atom stereocenters. The molecule has 236 valence electrons. The molecule has 0 radical (unpaired) electrons. The lowest BCUT2D eigenvalue weighted by molar-refractivity contribution is 0.0685. The standard InChI is InChI=1S/C35H34ClN5O3S2/c1-20-31-29(41(4)37-20)19-45-17-22-15-23(40(3)38-22)18-46-24-14-21-8-5-6-9-25(21)30(16-24)44-13-7-10-26-27-11-12-28(36)32(31)33(27)39(2)34(26)35(42)43/h5-6,8-9,11-12,14-16H,7,10,13,17-19H2,1-4H3,(H,42,43). The van der Waals surface area contributed by atoms with Crippen molar-refractivity contribution in [2.75, 3.05) is 6.61 Å². The van der Waals surface area contributed by atoms with E-state index in [-0.39, 0.29) is 5.69 Å². The van der Waals surface area contributed by atoms with E-state index in [1.165, 1.54) is 0 Å². The summed E-state index contributed by atoms with van der Waals surface area (Å²) < 4.78 is 12.1. The number of halogens is 1. The monoisotopic (exact) mass is 671 g/mol. The van der Waals surface area contributed by atoms with Gasteiger partial charge in [-0.25, -0.2) is 4.79 Å². The first-order valence-electron chi connectivity index (χ1n) is 15.1. The van der Waals surface area contributed by atoms with Crippen molar-refractivity contribution < 1.29 is 14.6 Å². The van der Waals surface area contributed by atoms with Crippen LogP contribution in [0.4, 0.5) is 0 Å². The van der Waals surface area contributed by atoms with Gasteiger partial charge in [0.15, 0.2) is 0 Å². The molecule has 0 unspecified atom stereocenters. The summed E-state index contributed by atoms with van der Waals surface area (Å²) in [6, 6.07) is 18.6. The molecule has 11 heteroatoms. The zero-order chi connectivity index (χ0) is 32.1. The average Bonchev–Trinajstić information content (AvgIpc) is 3.62. The van der Waals surface area contributed by atoms with Crippen molar-refractivity contribution in [3.8, 4) is 16.9 Å². The fourth-order valence-electron chi connectivity index (χ4n) is 6.63. The van der Waals surface area contributed by atoms with E-state index in [0.29, 0.717) is 30.2 Å². The minimum Gasteiger partial charge on any atom is -0.493 e. The van der Waals surface area contributed by atoms with Gasteiger partial charge in [-0.2, -0.15) is 10.2 Å². The summed E-state index contributed by atoms with van der Waals surface area (Å²) in [7, 11) is 5.77. The number of thioether (sulfide) groups is 2. The van der Waals surface area contributed by atoms with E-state index in [1.54, 1.807) is 28.1 Å². The number of benzene rings is 3. The molecule has 4 heterocycles. The summed E-state index contributed by atoms with van der Waals surface area (Å²) >= 11 is 10.5. The Labute approximate surface area is 280 Å². The number of aromatic carboxylic acids is 1. The van der Waals surface area contributed by atoms with Gasteiger partial charge in [-0.15, -0.1) is 23.5 Å². The average molecular weight is 672 g/mol. The predicted octanol–water partition coefficient (Wildman–Crippen LogP) is 8.18. The Hall–Kier alpha value is -3.86. The van der Waals surface area contributed by atoms with Crippen LogP contribution >= 0.6 is 35.1 Å². The molecule has 1 aliphatic rings. The lowest BCUT2D eigenvalue weighted by atomic mass is 9.98. The molecule has 0 amide bonds. The molecule has 0 saturated carbocycles. The zero-order valence-electron chi connectivity index (χ0n) is 26.1. The SMILES string of the molecule is Cc1nn(C)c2c1-c1c(Cl)ccc3c(c(C(=O)O)n(C)c13)CCCOc1cc(cc3ccccc13)SCc1cc(nn1C)CSC2. The minimum absolute atomic E-state index is 0.271. The highest BCUT2D eigenvalue weighted by Gasteiger charge is 2.27. The fourth-order valence-corrected chi connectivity index (χ4v) is 8.84. The Morgan fingerprint density at radius 2 is 1.78 bits per heavy atom. The number of aromatic nitrogens is 5. The number of nitrogens with zero attached hydrogens (tertiary/aromatic N) is 5. The maximum Gasteiger partial charge on any atom is 0.352 e. The molecule has 8 nitrogen and oxygen atoms in total. The van der Waals surface area contributed by atoms with Crippen LogP contribution < -0.4 is 4.74 Å². The molecule has 0 saturated heterocycles. The highest BCUT2D eigenvalue weighted by Crippen LogP contribution is 2.43. The molecule has 3 aromatic heterocycles. The highest BCUT2D eigenvalue weighted by molar-refractivity contribution is 7.98. The van der Waals surface area contributed by atoms with Gasteiger partial charge in [0.1, 0.15) is 11.4 Å². The van der Waals surface area contributed by atoms with Crippen LogP contribution in [0.1, 0.15) is 45.2 Å². The van der Waals surface area contributed by atoms with Gasteiger partial charge >= 0.3 is 5.97 Å². The Balaban J connectivity index is 1.36. The second kappa shape index (κ2) is 12.4. The van der Waals surface area contributed by atoms with Gasteiger partial charge in [0, 0.05) is 70.9 Å². The van der Waals surface area contributed by atoms with Crippen molar-refractivity contribution in [2.24, 2.45) is 21.1 Å². The number of rotatable bonds is 1. The van der Waals surface area contributed by atoms with Gasteiger partial charge in [0.2, 0.25) is 0 Å². The van der Waals surface area contributed by atoms with Crippen molar-refractivity contribution in [2.45, 2.75) is 41.9 Å². The van der Waals surface area contributed by atoms with Crippen LogP contribution in [0, 0.1) is 6.92 Å². The van der Waals surface area contributed by atoms with Gasteiger partial charge in [0.05, 0.1) is 34.2 Å². The summed E-state index contributed by atoms with van der Waals surface area (Å²) in [6.45, 7) is 2.43. The Morgan fingerprint density at radius 1 is 0.957 bits per heavy atom. The third-order valence-corrected chi connectivity index (χ3v) is 11.0. The van der Waals surface area contributed by atoms with Crippen LogP contribution in [0.5, 0.6) is 5.75 Å². The molecule has 8 bridgehead atoms. The molecule has 0 fully saturated rings. The van der Waals surface area contributed by atoms with Crippen molar-refractivity contribution in [3.63, 3.8) is 0 Å². The maximum absolute atomic E-state index is 12.7. The highest BCUT2D eigenvalue weighted by atomic mass is 35.5. The van der Waals surface area contributed by atoms with Crippen molar-refractivity contribution in [1.29, 1.82) is 0 Å². The van der Waals surface area contributed by atoms with E-state index >= 15 is 0 Å². The zero-order valence-corrected chi connectivity index (χ0v) is 28.5. The Morgan fingerprint density at radius 3 is 2.61 bits per heavy atom. The van der Waals surface area contributed by atoms with E-state index in [0.717, 1.165) is 83.3 Å². The van der Waals surface area contributed by atoms with Gasteiger partial charge in [-0.3, -0.25) is 9.36 Å². The number of aryl methyl sites for hydroxylation is 5. The Bertz CT molecular complexity index is 2150. The number of carboxylic acid groups (broad SMARTS) is 1. The fraction of sp³-hybridized carbons (Fsp3) is 0.286. The van der Waals surface area contributed by atoms with E-state index in [2.05, 4.69) is 30.3 Å². The third kappa shape index (κ3) is 5.46. The number of hydrogen-bond donors (Lipinski definition) is 1. The molecule has 1 N–H and O–H groups in total. The van der Waals surface area contributed by atoms with Gasteiger partial charge < -0.3 is 14.4 Å². The Kier molecular flexibility index (Phi) is 8.29. The van der Waals surface area contributed by atoms with Crippen molar-refractivity contribution in [1.82, 2.24) is 24.1 Å². The van der Waals surface area contributed by atoms with Crippen LogP contribution in [0.25, 0.3) is 32.8 Å². The second-order valence-electron chi connectivity index (χ2n) is 11.7. The number of carboxylic acids is 1. The molecule has 3 aromatic carbocycles. The van der Waals surface area contributed by atoms with Crippen LogP contribution in [-0.2, 0) is 44.8 Å². The third-order valence-electron chi connectivity index (χ3n) is 8.73. The van der Waals surface area contributed by atoms with E-state index in [1.807, 2.05) is 61.7 Å². The van der Waals surface area contributed by atoms with Gasteiger partial charge in [0.25, 0.3) is 0 Å². The lowest BCUT2D eigenvalue weighted by Gasteiger charge is -2.13. The number of fused-ring (bicyclic) bond motifs is 8. The summed E-state index contributed by atoms with van der Waals surface area (Å²) in [4.78, 5) is 13.8. The summed E-state index contributed by atoms with van der Waals surface area (Å²) in [5.74, 6) is 2.09. The quantitative estimate of drug-likeness (QED) is 0.189. The normalized spacial score (nSPS) is 14.3. The smallest absolute Gasteiger partial charge is 0.352 e. The lowest BCUT2D eigenvalue weighted by Crippen LogP contribution is -2.09. The number of hydrogen-bond acceptors (Lipinski definition) is 6. The number of ether oxygens (including phenoxy) is 1. The summed E-state index contributed by atoms with van der Waals surface area (Å²) in [5.41, 5.74) is 7.70. The second-order valence-corrected chi connectivity index (χ2v) is 14.1. The minimum atomic E-state index is -0.963. The topological polar surface area (TPSA) is 87.1 Å². The largest absolute Gasteiger partial charge is 0.493 e. The summed E-state index contributed by atoms with van der Waals surface area (Å²) in [5, 5.41) is 23.7. The molecular weight excluding hydrogens is 638 g/mol. The predicted molar refractivity (Wildman–Crippen MR) is 187 cm³/mol. The van der Waals surface area contributed by atoms with Crippen LogP contribution in [0.15, 0.2) is 59.5 Å². The first-order chi connectivity index (χ1) is 22.2. The molecule has 46 heavy (non-hydrogen) atoms. The maximum atomic E-state index is 12.7. The van der Waals surface area contributed by atoms with Gasteiger partial charge in [-0.05, 0) is 55.0 Å². The van der Waals surface area contributed by atoms with Crippen LogP contribution in [0.2, 0.25) is 5.02 Å². The van der Waals surface area contributed by atoms with E-state index in [9.17, 15) is 9.90 Å². The van der Waals surface area contributed by atoms with Gasteiger partial charge in [-0.1, -0.05) is 41.9 Å². The van der Waals surface area contributed by atoms with Crippen molar-refractivity contribution in [3.05, 3.63) is 93.7 Å². The van der Waals surface area contributed by atoms with E-state index in [4.69, 9.17) is 26.5 Å². The summed E-state index contributed by atoms with van der Waals surface area (Å²) in [6.07, 6.45) is 1.19. The van der Waals surface area contributed by atoms with E-state index < -0.39 is 5.97 Å². The van der Waals surface area contributed by atoms with Crippen LogP contribution in [-0.4, -0.2) is 41.8 Å². The number of carbonyl (C=O) groups is 1. The first kappa shape index (κ1) is 30.8. The molecule has 7 rings (SSSR count).